The average molecular weight is 336 g/mol. The standard InChI is InChI=1S/C20H21FN2Si/c1-3-24-14(2)18-12-22-20(23-13-18)17-6-4-15(5-7-17)16-8-10-19(21)11-9-16/h4-14H,3,24H2,1-2H3. The molecule has 0 N–H and O–H groups in total. The SMILES string of the molecule is CC[SiH2]C(C)c1cnc(-c2ccc(-c3ccc(F)cc3)cc2)nc1. The van der Waals surface area contributed by atoms with Crippen LogP contribution in [0.15, 0.2) is 60.9 Å². The first-order chi connectivity index (χ1) is 11.7. The summed E-state index contributed by atoms with van der Waals surface area (Å²) in [5, 5.41) is 0. The van der Waals surface area contributed by atoms with Crippen LogP contribution in [0.2, 0.25) is 6.04 Å². The Labute approximate surface area is 144 Å². The van der Waals surface area contributed by atoms with Gasteiger partial charge in [-0.05, 0) is 34.4 Å². The Bertz CT molecular complexity index is 783. The van der Waals surface area contributed by atoms with E-state index in [4.69, 9.17) is 0 Å². The maximum atomic E-state index is 13.0. The second-order valence-electron chi connectivity index (χ2n) is 6.11. The van der Waals surface area contributed by atoms with Gasteiger partial charge in [-0.1, -0.05) is 56.3 Å². The van der Waals surface area contributed by atoms with Gasteiger partial charge in [-0.25, -0.2) is 14.4 Å². The Balaban J connectivity index is 1.79. The zero-order valence-corrected chi connectivity index (χ0v) is 15.5. The van der Waals surface area contributed by atoms with Crippen molar-refractivity contribution in [1.29, 1.82) is 0 Å². The molecule has 3 aromatic rings. The predicted molar refractivity (Wildman–Crippen MR) is 100 cm³/mol. The molecule has 0 saturated carbocycles. The summed E-state index contributed by atoms with van der Waals surface area (Å²) >= 11 is 0. The smallest absolute Gasteiger partial charge is 0.159 e. The van der Waals surface area contributed by atoms with Crippen LogP contribution in [0.3, 0.4) is 0 Å². The molecule has 0 aliphatic rings. The van der Waals surface area contributed by atoms with Crippen LogP contribution in [-0.4, -0.2) is 19.5 Å². The summed E-state index contributed by atoms with van der Waals surface area (Å²) < 4.78 is 13.0. The number of nitrogens with zero attached hydrogens (tertiary/aromatic N) is 2. The average Bonchev–Trinajstić information content (AvgIpc) is 2.63. The van der Waals surface area contributed by atoms with Crippen molar-refractivity contribution < 1.29 is 4.39 Å². The lowest BCUT2D eigenvalue weighted by Crippen LogP contribution is -2.04. The van der Waals surface area contributed by atoms with Gasteiger partial charge in [0.2, 0.25) is 0 Å². The lowest BCUT2D eigenvalue weighted by atomic mass is 10.0. The van der Waals surface area contributed by atoms with Crippen LogP contribution < -0.4 is 0 Å². The first kappa shape index (κ1) is 16.5. The topological polar surface area (TPSA) is 25.8 Å². The van der Waals surface area contributed by atoms with Gasteiger partial charge in [0.25, 0.3) is 0 Å². The highest BCUT2D eigenvalue weighted by Gasteiger charge is 2.08. The van der Waals surface area contributed by atoms with Crippen molar-refractivity contribution in [3.05, 3.63) is 72.3 Å². The molecular weight excluding hydrogens is 315 g/mol. The van der Waals surface area contributed by atoms with Gasteiger partial charge in [0.1, 0.15) is 5.82 Å². The van der Waals surface area contributed by atoms with E-state index < -0.39 is 0 Å². The predicted octanol–water partition coefficient (Wildman–Crippen LogP) is 4.62. The molecule has 0 fully saturated rings. The van der Waals surface area contributed by atoms with E-state index in [0.717, 1.165) is 22.5 Å². The molecule has 0 spiro atoms. The molecule has 1 aromatic heterocycles. The summed E-state index contributed by atoms with van der Waals surface area (Å²) in [7, 11) is -0.0721. The molecule has 2 aromatic carbocycles. The van der Waals surface area contributed by atoms with Crippen molar-refractivity contribution in [1.82, 2.24) is 9.97 Å². The van der Waals surface area contributed by atoms with Crippen LogP contribution in [0.1, 0.15) is 25.0 Å². The maximum absolute atomic E-state index is 13.0. The van der Waals surface area contributed by atoms with Crippen LogP contribution >= 0.6 is 0 Å². The van der Waals surface area contributed by atoms with Gasteiger partial charge in [-0.15, -0.1) is 0 Å². The molecule has 2 nitrogen and oxygen atoms in total. The van der Waals surface area contributed by atoms with E-state index >= 15 is 0 Å². The third kappa shape index (κ3) is 3.76. The van der Waals surface area contributed by atoms with Crippen LogP contribution in [0.25, 0.3) is 22.5 Å². The summed E-state index contributed by atoms with van der Waals surface area (Å²) in [5.41, 5.74) is 4.92. The molecule has 0 bridgehead atoms. The second-order valence-corrected chi connectivity index (χ2v) is 8.92. The number of hydrogen-bond donors (Lipinski definition) is 0. The molecule has 1 atom stereocenters. The Morgan fingerprint density at radius 1 is 0.875 bits per heavy atom. The van der Waals surface area contributed by atoms with Crippen molar-refractivity contribution in [3.63, 3.8) is 0 Å². The summed E-state index contributed by atoms with van der Waals surface area (Å²) in [6.07, 6.45) is 3.92. The van der Waals surface area contributed by atoms with Crippen LogP contribution in [0, 0.1) is 5.82 Å². The molecule has 122 valence electrons. The molecular formula is C20H21FN2Si. The highest BCUT2D eigenvalue weighted by molar-refractivity contribution is 6.37. The number of hydrogen-bond acceptors (Lipinski definition) is 2. The third-order valence-electron chi connectivity index (χ3n) is 4.28. The van der Waals surface area contributed by atoms with E-state index in [1.807, 2.05) is 36.7 Å². The van der Waals surface area contributed by atoms with Gasteiger partial charge in [-0.2, -0.15) is 0 Å². The fourth-order valence-electron chi connectivity index (χ4n) is 2.80. The first-order valence-electron chi connectivity index (χ1n) is 8.35. The van der Waals surface area contributed by atoms with E-state index in [-0.39, 0.29) is 15.3 Å². The monoisotopic (exact) mass is 336 g/mol. The number of rotatable bonds is 5. The Morgan fingerprint density at radius 3 is 1.92 bits per heavy atom. The third-order valence-corrected chi connectivity index (χ3v) is 6.20. The zero-order chi connectivity index (χ0) is 16.9. The van der Waals surface area contributed by atoms with Crippen molar-refractivity contribution in [2.24, 2.45) is 0 Å². The van der Waals surface area contributed by atoms with E-state index in [0.29, 0.717) is 5.54 Å². The fourth-order valence-corrected chi connectivity index (χ4v) is 4.21. The Morgan fingerprint density at radius 2 is 1.38 bits per heavy atom. The second kappa shape index (κ2) is 7.49. The molecule has 3 rings (SSSR count). The minimum absolute atomic E-state index is 0.0721. The minimum Gasteiger partial charge on any atom is -0.236 e. The Hall–Kier alpha value is -2.33. The molecule has 0 amide bonds. The number of aromatic nitrogens is 2. The normalized spacial score (nSPS) is 12.6. The Kier molecular flexibility index (Phi) is 5.16. The van der Waals surface area contributed by atoms with Crippen LogP contribution in [-0.2, 0) is 0 Å². The quantitative estimate of drug-likeness (QED) is 0.636. The summed E-state index contributed by atoms with van der Waals surface area (Å²) in [6.45, 7) is 4.52. The lowest BCUT2D eigenvalue weighted by Gasteiger charge is -2.09. The van der Waals surface area contributed by atoms with Gasteiger partial charge in [-0.3, -0.25) is 0 Å². The van der Waals surface area contributed by atoms with Crippen molar-refractivity contribution in [2.45, 2.75) is 25.4 Å². The van der Waals surface area contributed by atoms with E-state index in [1.165, 1.54) is 23.7 Å². The molecule has 0 aliphatic carbocycles. The van der Waals surface area contributed by atoms with Gasteiger partial charge >= 0.3 is 0 Å². The van der Waals surface area contributed by atoms with E-state index in [9.17, 15) is 4.39 Å². The van der Waals surface area contributed by atoms with E-state index in [1.54, 1.807) is 12.1 Å². The molecule has 1 unspecified atom stereocenters. The van der Waals surface area contributed by atoms with E-state index in [2.05, 4.69) is 23.8 Å². The van der Waals surface area contributed by atoms with Crippen molar-refractivity contribution >= 4 is 9.52 Å². The lowest BCUT2D eigenvalue weighted by molar-refractivity contribution is 0.628. The van der Waals surface area contributed by atoms with Gasteiger partial charge in [0, 0.05) is 27.5 Å². The fraction of sp³-hybridized carbons (Fsp3) is 0.200. The molecule has 0 aliphatic heterocycles. The van der Waals surface area contributed by atoms with Gasteiger partial charge < -0.3 is 0 Å². The van der Waals surface area contributed by atoms with Crippen molar-refractivity contribution in [2.75, 3.05) is 0 Å². The highest BCUT2D eigenvalue weighted by Crippen LogP contribution is 2.24. The molecule has 0 radical (unpaired) electrons. The first-order valence-corrected chi connectivity index (χ1v) is 10.2. The summed E-state index contributed by atoms with van der Waals surface area (Å²) in [5.74, 6) is 0.527. The van der Waals surface area contributed by atoms with Crippen LogP contribution in [0.5, 0.6) is 0 Å². The number of halogens is 1. The molecule has 24 heavy (non-hydrogen) atoms. The minimum atomic E-state index is -0.218. The molecule has 0 saturated heterocycles. The zero-order valence-electron chi connectivity index (χ0n) is 14.0. The van der Waals surface area contributed by atoms with Gasteiger partial charge in [0.15, 0.2) is 5.82 Å². The molecule has 1 heterocycles. The van der Waals surface area contributed by atoms with Gasteiger partial charge in [0.05, 0.1) is 0 Å². The molecule has 4 heteroatoms. The van der Waals surface area contributed by atoms with Crippen molar-refractivity contribution in [3.8, 4) is 22.5 Å². The summed E-state index contributed by atoms with van der Waals surface area (Å²) in [6, 6.07) is 15.9. The summed E-state index contributed by atoms with van der Waals surface area (Å²) in [4.78, 5) is 9.06. The highest BCUT2D eigenvalue weighted by atomic mass is 28.2. The maximum Gasteiger partial charge on any atom is 0.159 e. The van der Waals surface area contributed by atoms with Crippen LogP contribution in [0.4, 0.5) is 4.39 Å². The largest absolute Gasteiger partial charge is 0.236 e. The number of benzene rings is 2.